The summed E-state index contributed by atoms with van der Waals surface area (Å²) in [4.78, 5) is 12.6. The molecule has 2 aromatic rings. The number of carbonyl (C=O) groups excluding carboxylic acids is 1. The van der Waals surface area contributed by atoms with E-state index in [1.165, 1.54) is 6.08 Å². The van der Waals surface area contributed by atoms with Crippen molar-refractivity contribution in [3.8, 4) is 6.07 Å². The Kier molecular flexibility index (Phi) is 5.62. The van der Waals surface area contributed by atoms with E-state index in [0.717, 1.165) is 16.8 Å². The third-order valence-electron chi connectivity index (χ3n) is 5.22. The molecule has 0 aliphatic carbocycles. The molecule has 0 unspecified atom stereocenters. The zero-order valence-corrected chi connectivity index (χ0v) is 17.8. The second kappa shape index (κ2) is 7.84. The summed E-state index contributed by atoms with van der Waals surface area (Å²) in [6, 6.07) is 7.42. The molecule has 0 radical (unpaired) electrons. The Bertz CT molecular complexity index is 1150. The number of hydrogen-bond donors (Lipinski definition) is 1. The van der Waals surface area contributed by atoms with Crippen LogP contribution in [0.4, 0.5) is 5.69 Å². The number of amides is 1. The highest BCUT2D eigenvalue weighted by Gasteiger charge is 2.31. The Hall–Kier alpha value is -2.92. The predicted molar refractivity (Wildman–Crippen MR) is 112 cm³/mol. The van der Waals surface area contributed by atoms with E-state index in [2.05, 4.69) is 10.4 Å². The topological polar surface area (TPSA) is 105 Å². The Labute approximate surface area is 171 Å². The maximum atomic E-state index is 12.6. The van der Waals surface area contributed by atoms with Gasteiger partial charge in [-0.2, -0.15) is 10.4 Å². The van der Waals surface area contributed by atoms with Gasteiger partial charge in [0.15, 0.2) is 9.84 Å². The van der Waals surface area contributed by atoms with Crippen LogP contribution in [0.25, 0.3) is 6.08 Å². The molecule has 1 aliphatic rings. The molecule has 1 amide bonds. The molecule has 1 aromatic carbocycles. The van der Waals surface area contributed by atoms with Gasteiger partial charge in [-0.25, -0.2) is 8.42 Å². The molecule has 3 rings (SSSR count). The van der Waals surface area contributed by atoms with Crippen molar-refractivity contribution in [3.63, 3.8) is 0 Å². The van der Waals surface area contributed by atoms with Gasteiger partial charge in [-0.1, -0.05) is 17.7 Å². The summed E-state index contributed by atoms with van der Waals surface area (Å²) in [6.45, 7) is 7.48. The van der Waals surface area contributed by atoms with Crippen LogP contribution in [0.1, 0.15) is 40.5 Å². The van der Waals surface area contributed by atoms with Gasteiger partial charge in [0.25, 0.3) is 5.91 Å². The zero-order valence-electron chi connectivity index (χ0n) is 17.0. The van der Waals surface area contributed by atoms with Crippen molar-refractivity contribution >= 4 is 27.5 Å². The SMILES string of the molecule is Cc1ccc(NC(=O)/C(C#N)=C/c2c(C)nn([C@H]3CCS(=O)(=O)C3)c2C)c(C)c1. The highest BCUT2D eigenvalue weighted by molar-refractivity contribution is 7.91. The predicted octanol–water partition coefficient (Wildman–Crippen LogP) is 3.02. The molecule has 1 saturated heterocycles. The van der Waals surface area contributed by atoms with Gasteiger partial charge in [0.05, 0.1) is 23.2 Å². The van der Waals surface area contributed by atoms with Crippen LogP contribution in [-0.4, -0.2) is 35.6 Å². The van der Waals surface area contributed by atoms with E-state index >= 15 is 0 Å². The number of sulfone groups is 1. The lowest BCUT2D eigenvalue weighted by Gasteiger charge is -2.11. The first-order valence-corrected chi connectivity index (χ1v) is 11.2. The fourth-order valence-electron chi connectivity index (χ4n) is 3.64. The molecule has 7 nitrogen and oxygen atoms in total. The molecule has 0 spiro atoms. The van der Waals surface area contributed by atoms with Crippen LogP contribution in [0, 0.1) is 39.0 Å². The number of nitriles is 1. The van der Waals surface area contributed by atoms with Gasteiger partial charge in [-0.3, -0.25) is 9.48 Å². The number of nitrogens with one attached hydrogen (secondary N) is 1. The van der Waals surface area contributed by atoms with E-state index in [1.807, 2.05) is 45.0 Å². The van der Waals surface area contributed by atoms with Gasteiger partial charge >= 0.3 is 0 Å². The highest BCUT2D eigenvalue weighted by Crippen LogP contribution is 2.28. The van der Waals surface area contributed by atoms with Gasteiger partial charge < -0.3 is 5.32 Å². The van der Waals surface area contributed by atoms with Crippen molar-refractivity contribution in [2.75, 3.05) is 16.8 Å². The summed E-state index contributed by atoms with van der Waals surface area (Å²) in [5.41, 5.74) is 4.69. The zero-order chi connectivity index (χ0) is 21.3. The fourth-order valence-corrected chi connectivity index (χ4v) is 5.34. The molecule has 1 atom stereocenters. The molecule has 0 saturated carbocycles. The first-order chi connectivity index (χ1) is 13.6. The molecular weight excluding hydrogens is 388 g/mol. The molecule has 8 heteroatoms. The third-order valence-corrected chi connectivity index (χ3v) is 6.97. The van der Waals surface area contributed by atoms with Gasteiger partial charge in [-0.05, 0) is 51.8 Å². The minimum atomic E-state index is -3.04. The lowest BCUT2D eigenvalue weighted by Crippen LogP contribution is -2.15. The van der Waals surface area contributed by atoms with E-state index < -0.39 is 15.7 Å². The molecule has 0 bridgehead atoms. The quantitative estimate of drug-likeness (QED) is 0.614. The summed E-state index contributed by atoms with van der Waals surface area (Å²) in [5.74, 6) is -0.270. The number of aromatic nitrogens is 2. The average molecular weight is 413 g/mol. The molecule has 1 fully saturated rings. The Morgan fingerprint density at radius 2 is 2.03 bits per heavy atom. The number of rotatable bonds is 4. The number of anilines is 1. The van der Waals surface area contributed by atoms with E-state index in [-0.39, 0.29) is 23.1 Å². The molecule has 1 N–H and O–H groups in total. The molecule has 152 valence electrons. The van der Waals surface area contributed by atoms with E-state index in [0.29, 0.717) is 23.4 Å². The number of aryl methyl sites for hydroxylation is 3. The number of benzene rings is 1. The summed E-state index contributed by atoms with van der Waals surface area (Å²) >= 11 is 0. The summed E-state index contributed by atoms with van der Waals surface area (Å²) in [5, 5.41) is 16.8. The van der Waals surface area contributed by atoms with Gasteiger partial charge in [0.1, 0.15) is 11.6 Å². The minimum Gasteiger partial charge on any atom is -0.321 e. The average Bonchev–Trinajstić information content (AvgIpc) is 3.14. The van der Waals surface area contributed by atoms with Crippen LogP contribution < -0.4 is 5.32 Å². The summed E-state index contributed by atoms with van der Waals surface area (Å²) in [7, 11) is -3.04. The number of carbonyl (C=O) groups is 1. The summed E-state index contributed by atoms with van der Waals surface area (Å²) in [6.07, 6.45) is 2.04. The highest BCUT2D eigenvalue weighted by atomic mass is 32.2. The van der Waals surface area contributed by atoms with E-state index in [9.17, 15) is 18.5 Å². The fraction of sp³-hybridized carbons (Fsp3) is 0.381. The van der Waals surface area contributed by atoms with Crippen molar-refractivity contribution in [1.29, 1.82) is 5.26 Å². The van der Waals surface area contributed by atoms with Crippen LogP contribution >= 0.6 is 0 Å². The minimum absolute atomic E-state index is 0.0326. The van der Waals surface area contributed by atoms with Crippen molar-refractivity contribution in [2.24, 2.45) is 0 Å². The lowest BCUT2D eigenvalue weighted by atomic mass is 10.1. The second-order valence-electron chi connectivity index (χ2n) is 7.53. The normalized spacial score (nSPS) is 18.4. The van der Waals surface area contributed by atoms with Crippen LogP contribution in [0.2, 0.25) is 0 Å². The van der Waals surface area contributed by atoms with Crippen LogP contribution in [-0.2, 0) is 14.6 Å². The van der Waals surface area contributed by atoms with E-state index in [4.69, 9.17) is 0 Å². The molecule has 2 heterocycles. The standard InChI is InChI=1S/C21H24N4O3S/c1-13-5-6-20(14(2)9-13)23-21(26)17(11-22)10-19-15(3)24-25(16(19)4)18-7-8-29(27,28)12-18/h5-6,9-10,18H,7-8,12H2,1-4H3,(H,23,26)/b17-10+/t18-/m0/s1. The third kappa shape index (κ3) is 4.40. The van der Waals surface area contributed by atoms with Crippen molar-refractivity contribution in [1.82, 2.24) is 9.78 Å². The molecule has 1 aromatic heterocycles. The van der Waals surface area contributed by atoms with Crippen molar-refractivity contribution < 1.29 is 13.2 Å². The van der Waals surface area contributed by atoms with Gasteiger partial charge in [0, 0.05) is 16.9 Å². The largest absolute Gasteiger partial charge is 0.321 e. The molecular formula is C21H24N4O3S. The Morgan fingerprint density at radius 1 is 1.31 bits per heavy atom. The molecule has 29 heavy (non-hydrogen) atoms. The number of nitrogens with zero attached hydrogens (tertiary/aromatic N) is 3. The maximum absolute atomic E-state index is 12.6. The second-order valence-corrected chi connectivity index (χ2v) is 9.76. The van der Waals surface area contributed by atoms with Gasteiger partial charge in [-0.15, -0.1) is 0 Å². The van der Waals surface area contributed by atoms with Crippen LogP contribution in [0.3, 0.4) is 0 Å². The van der Waals surface area contributed by atoms with Crippen molar-refractivity contribution in [2.45, 2.75) is 40.2 Å². The van der Waals surface area contributed by atoms with E-state index in [1.54, 1.807) is 11.6 Å². The van der Waals surface area contributed by atoms with Gasteiger partial charge in [0.2, 0.25) is 0 Å². The Balaban J connectivity index is 1.89. The Morgan fingerprint density at radius 3 is 2.62 bits per heavy atom. The lowest BCUT2D eigenvalue weighted by molar-refractivity contribution is -0.112. The van der Waals surface area contributed by atoms with Crippen molar-refractivity contribution in [3.05, 3.63) is 51.9 Å². The number of hydrogen-bond acceptors (Lipinski definition) is 5. The van der Waals surface area contributed by atoms with Crippen LogP contribution in [0.5, 0.6) is 0 Å². The first-order valence-electron chi connectivity index (χ1n) is 9.38. The smallest absolute Gasteiger partial charge is 0.266 e. The monoisotopic (exact) mass is 412 g/mol. The maximum Gasteiger partial charge on any atom is 0.266 e. The first kappa shape index (κ1) is 20.8. The van der Waals surface area contributed by atoms with Crippen LogP contribution in [0.15, 0.2) is 23.8 Å². The molecule has 1 aliphatic heterocycles. The summed E-state index contributed by atoms with van der Waals surface area (Å²) < 4.78 is 25.3.